The number of urea groups is 1. The van der Waals surface area contributed by atoms with Crippen LogP contribution in [0.3, 0.4) is 0 Å². The molecule has 1 atom stereocenters. The van der Waals surface area contributed by atoms with Crippen LogP contribution in [0.5, 0.6) is 5.75 Å². The number of rotatable bonds is 5. The Kier molecular flexibility index (Phi) is 4.74. The van der Waals surface area contributed by atoms with Gasteiger partial charge in [-0.05, 0) is 50.1 Å². The van der Waals surface area contributed by atoms with E-state index in [0.717, 1.165) is 16.0 Å². The molecule has 0 radical (unpaired) electrons. The van der Waals surface area contributed by atoms with Crippen LogP contribution < -0.4 is 10.1 Å². The third-order valence-electron chi connectivity index (χ3n) is 4.94. The first kappa shape index (κ1) is 18.6. The zero-order valence-corrected chi connectivity index (χ0v) is 15.8. The quantitative estimate of drug-likeness (QED) is 0.652. The van der Waals surface area contributed by atoms with Gasteiger partial charge in [0.1, 0.15) is 11.3 Å². The summed E-state index contributed by atoms with van der Waals surface area (Å²) in [7, 11) is 1.56. The highest BCUT2D eigenvalue weighted by Crippen LogP contribution is 2.30. The van der Waals surface area contributed by atoms with E-state index in [1.807, 2.05) is 26.0 Å². The first-order valence-electron chi connectivity index (χ1n) is 8.65. The SMILES string of the molecule is COc1ccc(C2(C)NC(=O)N(CC(=O)c3cc(C)ccc3C)C2=O)cc1. The fourth-order valence-electron chi connectivity index (χ4n) is 3.23. The minimum atomic E-state index is -1.22. The average molecular weight is 366 g/mol. The molecule has 1 aliphatic rings. The van der Waals surface area contributed by atoms with E-state index in [1.54, 1.807) is 44.4 Å². The van der Waals surface area contributed by atoms with Crippen LogP contribution in [0.15, 0.2) is 42.5 Å². The van der Waals surface area contributed by atoms with Crippen molar-refractivity contribution in [2.45, 2.75) is 26.3 Å². The molecule has 1 N–H and O–H groups in total. The molecule has 1 aliphatic heterocycles. The minimum absolute atomic E-state index is 0.265. The van der Waals surface area contributed by atoms with Gasteiger partial charge in [0.05, 0.1) is 13.7 Å². The number of amides is 3. The molecular weight excluding hydrogens is 344 g/mol. The molecule has 6 heteroatoms. The molecule has 1 unspecified atom stereocenters. The molecule has 0 aliphatic carbocycles. The molecule has 27 heavy (non-hydrogen) atoms. The van der Waals surface area contributed by atoms with Crippen molar-refractivity contribution in [1.29, 1.82) is 0 Å². The molecule has 2 aromatic carbocycles. The first-order chi connectivity index (χ1) is 12.8. The Balaban J connectivity index is 1.85. The number of carbonyl (C=O) groups excluding carboxylic acids is 3. The number of aryl methyl sites for hydroxylation is 2. The van der Waals surface area contributed by atoms with Crippen LogP contribution >= 0.6 is 0 Å². The Morgan fingerprint density at radius 2 is 1.78 bits per heavy atom. The highest BCUT2D eigenvalue weighted by atomic mass is 16.5. The van der Waals surface area contributed by atoms with Gasteiger partial charge in [-0.15, -0.1) is 0 Å². The van der Waals surface area contributed by atoms with Crippen molar-refractivity contribution in [2.75, 3.05) is 13.7 Å². The lowest BCUT2D eigenvalue weighted by Crippen LogP contribution is -2.41. The Labute approximate surface area is 158 Å². The number of ketones is 1. The van der Waals surface area contributed by atoms with Gasteiger partial charge in [-0.2, -0.15) is 0 Å². The van der Waals surface area contributed by atoms with Crippen molar-refractivity contribution in [3.8, 4) is 5.75 Å². The summed E-state index contributed by atoms with van der Waals surface area (Å²) >= 11 is 0. The zero-order valence-electron chi connectivity index (χ0n) is 15.8. The van der Waals surface area contributed by atoms with Gasteiger partial charge < -0.3 is 10.1 Å². The highest BCUT2D eigenvalue weighted by Gasteiger charge is 2.49. The minimum Gasteiger partial charge on any atom is -0.497 e. The van der Waals surface area contributed by atoms with Crippen molar-refractivity contribution in [3.05, 3.63) is 64.7 Å². The molecule has 0 bridgehead atoms. The number of benzene rings is 2. The maximum Gasteiger partial charge on any atom is 0.325 e. The molecule has 140 valence electrons. The number of Topliss-reactive ketones (excluding diaryl/α,β-unsaturated/α-hetero) is 1. The third kappa shape index (κ3) is 3.30. The number of carbonyl (C=O) groups is 3. The van der Waals surface area contributed by atoms with Crippen molar-refractivity contribution in [2.24, 2.45) is 0 Å². The number of hydrogen-bond acceptors (Lipinski definition) is 4. The fraction of sp³-hybridized carbons (Fsp3) is 0.286. The Morgan fingerprint density at radius 1 is 1.11 bits per heavy atom. The molecule has 1 fully saturated rings. The molecule has 2 aromatic rings. The van der Waals surface area contributed by atoms with Gasteiger partial charge in [-0.25, -0.2) is 4.79 Å². The fourth-order valence-corrected chi connectivity index (χ4v) is 3.23. The van der Waals surface area contributed by atoms with Crippen LogP contribution in [-0.2, 0) is 10.3 Å². The number of nitrogens with zero attached hydrogens (tertiary/aromatic N) is 1. The Bertz CT molecular complexity index is 920. The summed E-state index contributed by atoms with van der Waals surface area (Å²) in [4.78, 5) is 39.1. The van der Waals surface area contributed by atoms with E-state index in [1.165, 1.54) is 0 Å². The lowest BCUT2D eigenvalue weighted by atomic mass is 9.92. The molecule has 6 nitrogen and oxygen atoms in total. The summed E-state index contributed by atoms with van der Waals surface area (Å²) in [6.07, 6.45) is 0. The van der Waals surface area contributed by atoms with Crippen LogP contribution in [0.2, 0.25) is 0 Å². The van der Waals surface area contributed by atoms with Crippen LogP contribution in [0.4, 0.5) is 4.79 Å². The van der Waals surface area contributed by atoms with E-state index >= 15 is 0 Å². The van der Waals surface area contributed by atoms with E-state index < -0.39 is 17.5 Å². The lowest BCUT2D eigenvalue weighted by Gasteiger charge is -2.22. The van der Waals surface area contributed by atoms with Crippen molar-refractivity contribution >= 4 is 17.7 Å². The summed E-state index contributed by atoms with van der Waals surface area (Å²) < 4.78 is 5.13. The number of nitrogens with one attached hydrogen (secondary N) is 1. The normalized spacial score (nSPS) is 19.2. The van der Waals surface area contributed by atoms with Crippen molar-refractivity contribution in [1.82, 2.24) is 10.2 Å². The molecule has 0 spiro atoms. The lowest BCUT2D eigenvalue weighted by molar-refractivity contribution is -0.130. The largest absolute Gasteiger partial charge is 0.497 e. The van der Waals surface area contributed by atoms with Crippen LogP contribution in [0.25, 0.3) is 0 Å². The zero-order chi connectivity index (χ0) is 19.8. The summed E-state index contributed by atoms with van der Waals surface area (Å²) in [6.45, 7) is 5.07. The van der Waals surface area contributed by atoms with E-state index in [0.29, 0.717) is 16.9 Å². The smallest absolute Gasteiger partial charge is 0.325 e. The molecule has 1 saturated heterocycles. The van der Waals surface area contributed by atoms with E-state index in [2.05, 4.69) is 5.32 Å². The summed E-state index contributed by atoms with van der Waals surface area (Å²) in [5.41, 5.74) is 1.70. The van der Waals surface area contributed by atoms with Gasteiger partial charge in [-0.3, -0.25) is 14.5 Å². The second kappa shape index (κ2) is 6.87. The second-order valence-electron chi connectivity index (χ2n) is 6.92. The maximum absolute atomic E-state index is 13.0. The van der Waals surface area contributed by atoms with Gasteiger partial charge in [0.25, 0.3) is 5.91 Å². The average Bonchev–Trinajstić information content (AvgIpc) is 2.87. The van der Waals surface area contributed by atoms with Gasteiger partial charge in [0.15, 0.2) is 5.78 Å². The number of hydrogen-bond donors (Lipinski definition) is 1. The summed E-state index contributed by atoms with van der Waals surface area (Å²) in [6, 6.07) is 11.9. The standard InChI is InChI=1S/C21H22N2O4/c1-13-5-6-14(2)17(11-13)18(24)12-23-19(25)21(3,22-20(23)26)15-7-9-16(27-4)10-8-15/h5-11H,12H2,1-4H3,(H,22,26). The van der Waals surface area contributed by atoms with Crippen LogP contribution in [0, 0.1) is 13.8 Å². The topological polar surface area (TPSA) is 75.7 Å². The first-order valence-corrected chi connectivity index (χ1v) is 8.65. The van der Waals surface area contributed by atoms with Gasteiger partial charge in [-0.1, -0.05) is 29.8 Å². The number of methoxy groups -OCH3 is 1. The Hall–Kier alpha value is -3.15. The predicted octanol–water partition coefficient (Wildman–Crippen LogP) is 2.96. The van der Waals surface area contributed by atoms with E-state index in [9.17, 15) is 14.4 Å². The van der Waals surface area contributed by atoms with E-state index in [4.69, 9.17) is 4.74 Å². The molecule has 0 saturated carbocycles. The van der Waals surface area contributed by atoms with Gasteiger partial charge in [0, 0.05) is 5.56 Å². The third-order valence-corrected chi connectivity index (χ3v) is 4.94. The molecular formula is C21H22N2O4. The monoisotopic (exact) mass is 366 g/mol. The highest BCUT2D eigenvalue weighted by molar-refractivity contribution is 6.11. The molecule has 0 aromatic heterocycles. The maximum atomic E-state index is 13.0. The summed E-state index contributed by atoms with van der Waals surface area (Å²) in [5.74, 6) is -0.0592. The van der Waals surface area contributed by atoms with Crippen LogP contribution in [-0.4, -0.2) is 36.3 Å². The molecule has 1 heterocycles. The van der Waals surface area contributed by atoms with Crippen molar-refractivity contribution < 1.29 is 19.1 Å². The van der Waals surface area contributed by atoms with Gasteiger partial charge >= 0.3 is 6.03 Å². The van der Waals surface area contributed by atoms with E-state index in [-0.39, 0.29) is 12.3 Å². The van der Waals surface area contributed by atoms with Crippen LogP contribution in [0.1, 0.15) is 34.0 Å². The van der Waals surface area contributed by atoms with Gasteiger partial charge in [0.2, 0.25) is 0 Å². The predicted molar refractivity (Wildman–Crippen MR) is 101 cm³/mol. The molecule has 3 amide bonds. The second-order valence-corrected chi connectivity index (χ2v) is 6.92. The number of imide groups is 1. The number of ether oxygens (including phenoxy) is 1. The molecule has 3 rings (SSSR count). The van der Waals surface area contributed by atoms with Crippen molar-refractivity contribution in [3.63, 3.8) is 0 Å². The summed E-state index contributed by atoms with van der Waals surface area (Å²) in [5, 5.41) is 2.71. The Morgan fingerprint density at radius 3 is 2.41 bits per heavy atom.